The molecule has 6 nitrogen and oxygen atoms in total. The zero-order valence-electron chi connectivity index (χ0n) is 15.6. The average Bonchev–Trinajstić information content (AvgIpc) is 3.20. The van der Waals surface area contributed by atoms with E-state index >= 15 is 0 Å². The predicted octanol–water partition coefficient (Wildman–Crippen LogP) is 4.18. The molecular formula is C22H22N2O4. The number of nitrogens with one attached hydrogen (secondary N) is 1. The van der Waals surface area contributed by atoms with Crippen LogP contribution < -0.4 is 5.32 Å². The van der Waals surface area contributed by atoms with Crippen molar-refractivity contribution in [2.75, 3.05) is 6.54 Å². The maximum absolute atomic E-state index is 12.8. The molecule has 0 aliphatic carbocycles. The van der Waals surface area contributed by atoms with Gasteiger partial charge in [0.1, 0.15) is 5.76 Å². The molecule has 1 amide bonds. The number of nitro benzene ring substituents is 1. The Balaban J connectivity index is 1.63. The van der Waals surface area contributed by atoms with Crippen molar-refractivity contribution >= 4 is 11.6 Å². The van der Waals surface area contributed by atoms with E-state index in [1.54, 1.807) is 18.4 Å². The van der Waals surface area contributed by atoms with E-state index in [0.717, 1.165) is 22.5 Å². The number of aryl methyl sites for hydroxylation is 1. The van der Waals surface area contributed by atoms with Crippen LogP contribution in [0.4, 0.5) is 5.69 Å². The van der Waals surface area contributed by atoms with E-state index in [1.165, 1.54) is 12.1 Å². The van der Waals surface area contributed by atoms with Gasteiger partial charge in [-0.1, -0.05) is 42.0 Å². The van der Waals surface area contributed by atoms with E-state index in [-0.39, 0.29) is 17.5 Å². The molecular weight excluding hydrogens is 356 g/mol. The van der Waals surface area contributed by atoms with Crippen LogP contribution in [0.25, 0.3) is 0 Å². The molecule has 3 rings (SSSR count). The number of benzene rings is 2. The van der Waals surface area contributed by atoms with Crippen molar-refractivity contribution in [1.29, 1.82) is 0 Å². The smallest absolute Gasteiger partial charge is 0.269 e. The summed E-state index contributed by atoms with van der Waals surface area (Å²) in [5.74, 6) is 0.349. The van der Waals surface area contributed by atoms with Crippen LogP contribution in [0.2, 0.25) is 0 Å². The standard InChI is InChI=1S/C22H22N2O4/c1-16-4-8-18(9-5-16)21(15-20-3-2-14-28-20)22(25)23-13-12-17-6-10-19(11-7-17)24(26)27/h2-11,14,21H,12-13,15H2,1H3,(H,23,25). The first kappa shape index (κ1) is 19.4. The van der Waals surface area contributed by atoms with Gasteiger partial charge in [0.05, 0.1) is 17.1 Å². The van der Waals surface area contributed by atoms with Crippen molar-refractivity contribution in [2.45, 2.75) is 25.7 Å². The van der Waals surface area contributed by atoms with Crippen molar-refractivity contribution < 1.29 is 14.1 Å². The average molecular weight is 378 g/mol. The molecule has 0 spiro atoms. The van der Waals surface area contributed by atoms with E-state index in [9.17, 15) is 14.9 Å². The van der Waals surface area contributed by atoms with E-state index in [4.69, 9.17) is 4.42 Å². The number of hydrogen-bond donors (Lipinski definition) is 1. The molecule has 2 aromatic carbocycles. The molecule has 1 unspecified atom stereocenters. The molecule has 0 aliphatic heterocycles. The van der Waals surface area contributed by atoms with E-state index in [2.05, 4.69) is 5.32 Å². The quantitative estimate of drug-likeness (QED) is 0.471. The second-order valence-electron chi connectivity index (χ2n) is 6.71. The molecule has 0 aliphatic rings. The lowest BCUT2D eigenvalue weighted by Gasteiger charge is -2.17. The number of amides is 1. The van der Waals surface area contributed by atoms with Gasteiger partial charge in [-0.15, -0.1) is 0 Å². The van der Waals surface area contributed by atoms with Crippen LogP contribution in [0, 0.1) is 17.0 Å². The van der Waals surface area contributed by atoms with Crippen LogP contribution in [0.5, 0.6) is 0 Å². The van der Waals surface area contributed by atoms with Gasteiger partial charge >= 0.3 is 0 Å². The van der Waals surface area contributed by atoms with Crippen LogP contribution in [0.1, 0.15) is 28.4 Å². The Hall–Kier alpha value is -3.41. The number of carbonyl (C=O) groups excluding carboxylic acids is 1. The third-order valence-electron chi connectivity index (χ3n) is 4.64. The normalized spacial score (nSPS) is 11.8. The Bertz CT molecular complexity index is 916. The van der Waals surface area contributed by atoms with Gasteiger partial charge in [-0.3, -0.25) is 14.9 Å². The van der Waals surface area contributed by atoms with E-state index in [1.807, 2.05) is 43.3 Å². The summed E-state index contributed by atoms with van der Waals surface area (Å²) in [5.41, 5.74) is 3.07. The van der Waals surface area contributed by atoms with Crippen molar-refractivity contribution in [3.8, 4) is 0 Å². The minimum absolute atomic E-state index is 0.0608. The van der Waals surface area contributed by atoms with Crippen LogP contribution in [0.3, 0.4) is 0 Å². The summed E-state index contributed by atoms with van der Waals surface area (Å²) in [6, 6.07) is 18.0. The van der Waals surface area contributed by atoms with Gasteiger partial charge in [0.15, 0.2) is 0 Å². The summed E-state index contributed by atoms with van der Waals surface area (Å²) in [5, 5.41) is 13.7. The second-order valence-corrected chi connectivity index (χ2v) is 6.71. The lowest BCUT2D eigenvalue weighted by molar-refractivity contribution is -0.384. The Morgan fingerprint density at radius 2 is 1.82 bits per heavy atom. The molecule has 28 heavy (non-hydrogen) atoms. The Morgan fingerprint density at radius 3 is 2.43 bits per heavy atom. The highest BCUT2D eigenvalue weighted by Gasteiger charge is 2.22. The number of rotatable bonds is 8. The molecule has 1 aromatic heterocycles. The highest BCUT2D eigenvalue weighted by atomic mass is 16.6. The van der Waals surface area contributed by atoms with Crippen LogP contribution in [0.15, 0.2) is 71.3 Å². The summed E-state index contributed by atoms with van der Waals surface area (Å²) in [6.45, 7) is 2.47. The number of nitro groups is 1. The second kappa shape index (κ2) is 8.99. The maximum atomic E-state index is 12.8. The summed E-state index contributed by atoms with van der Waals surface area (Å²) >= 11 is 0. The fourth-order valence-corrected chi connectivity index (χ4v) is 3.03. The zero-order valence-corrected chi connectivity index (χ0v) is 15.6. The molecule has 0 saturated carbocycles. The van der Waals surface area contributed by atoms with Crippen molar-refractivity contribution in [2.24, 2.45) is 0 Å². The highest BCUT2D eigenvalue weighted by Crippen LogP contribution is 2.22. The largest absolute Gasteiger partial charge is 0.469 e. The first-order valence-electron chi connectivity index (χ1n) is 9.13. The lowest BCUT2D eigenvalue weighted by atomic mass is 9.93. The van der Waals surface area contributed by atoms with Crippen molar-refractivity contribution in [3.05, 3.63) is 99.5 Å². The van der Waals surface area contributed by atoms with Gasteiger partial charge in [0.2, 0.25) is 5.91 Å². The summed E-state index contributed by atoms with van der Waals surface area (Å²) in [7, 11) is 0. The molecule has 3 aromatic rings. The molecule has 1 heterocycles. The SMILES string of the molecule is Cc1ccc(C(Cc2ccco2)C(=O)NCCc2ccc([N+](=O)[O-])cc2)cc1. The van der Waals surface area contributed by atoms with Gasteiger partial charge in [-0.05, 0) is 36.6 Å². The Morgan fingerprint density at radius 1 is 1.11 bits per heavy atom. The molecule has 0 fully saturated rings. The number of hydrogen-bond acceptors (Lipinski definition) is 4. The maximum Gasteiger partial charge on any atom is 0.269 e. The number of carbonyl (C=O) groups is 1. The third kappa shape index (κ3) is 5.07. The fourth-order valence-electron chi connectivity index (χ4n) is 3.03. The van der Waals surface area contributed by atoms with Gasteiger partial charge in [0, 0.05) is 25.1 Å². The van der Waals surface area contributed by atoms with Crippen LogP contribution >= 0.6 is 0 Å². The topological polar surface area (TPSA) is 85.4 Å². The van der Waals surface area contributed by atoms with Gasteiger partial charge in [-0.2, -0.15) is 0 Å². The molecule has 144 valence electrons. The molecule has 0 radical (unpaired) electrons. The van der Waals surface area contributed by atoms with Gasteiger partial charge in [0.25, 0.3) is 5.69 Å². The highest BCUT2D eigenvalue weighted by molar-refractivity contribution is 5.83. The number of nitrogens with zero attached hydrogens (tertiary/aromatic N) is 1. The first-order chi connectivity index (χ1) is 13.5. The molecule has 0 saturated heterocycles. The predicted molar refractivity (Wildman–Crippen MR) is 106 cm³/mol. The molecule has 0 bridgehead atoms. The minimum Gasteiger partial charge on any atom is -0.469 e. The summed E-state index contributed by atoms with van der Waals surface area (Å²) in [6.07, 6.45) is 2.69. The van der Waals surface area contributed by atoms with Crippen molar-refractivity contribution in [1.82, 2.24) is 5.32 Å². The number of furan rings is 1. The van der Waals surface area contributed by atoms with Crippen LogP contribution in [-0.2, 0) is 17.6 Å². The van der Waals surface area contributed by atoms with Gasteiger partial charge < -0.3 is 9.73 Å². The molecule has 1 N–H and O–H groups in total. The van der Waals surface area contributed by atoms with E-state index < -0.39 is 4.92 Å². The lowest BCUT2D eigenvalue weighted by Crippen LogP contribution is -2.32. The molecule has 1 atom stereocenters. The van der Waals surface area contributed by atoms with Crippen LogP contribution in [-0.4, -0.2) is 17.4 Å². The minimum atomic E-state index is -0.424. The Kier molecular flexibility index (Phi) is 6.22. The summed E-state index contributed by atoms with van der Waals surface area (Å²) < 4.78 is 5.43. The molecule has 6 heteroatoms. The monoisotopic (exact) mass is 378 g/mol. The van der Waals surface area contributed by atoms with Crippen molar-refractivity contribution in [3.63, 3.8) is 0 Å². The summed E-state index contributed by atoms with van der Waals surface area (Å²) in [4.78, 5) is 23.1. The first-order valence-corrected chi connectivity index (χ1v) is 9.13. The zero-order chi connectivity index (χ0) is 19.9. The Labute approximate surface area is 163 Å². The third-order valence-corrected chi connectivity index (χ3v) is 4.64. The fraction of sp³-hybridized carbons (Fsp3) is 0.227. The number of non-ortho nitro benzene ring substituents is 1. The van der Waals surface area contributed by atoms with E-state index in [0.29, 0.717) is 19.4 Å². The van der Waals surface area contributed by atoms with Gasteiger partial charge in [-0.25, -0.2) is 0 Å².